The van der Waals surface area contributed by atoms with Crippen molar-refractivity contribution in [1.82, 2.24) is 0 Å². The van der Waals surface area contributed by atoms with E-state index in [2.05, 4.69) is 50.8 Å². The highest BCUT2D eigenvalue weighted by Crippen LogP contribution is 2.37. The average Bonchev–Trinajstić information content (AvgIpc) is 2.38. The fourth-order valence-electron chi connectivity index (χ4n) is 2.34. The third-order valence-electron chi connectivity index (χ3n) is 3.67. The number of benzene rings is 1. The zero-order valence-corrected chi connectivity index (χ0v) is 12.2. The number of fused-ring (bicyclic) bond motifs is 1. The zero-order valence-electron chi connectivity index (χ0n) is 12.2. The first-order valence-electron chi connectivity index (χ1n) is 6.95. The molecule has 0 aromatic heterocycles. The largest absolute Gasteiger partial charge is 0.486 e. The molecule has 0 N–H and O–H groups in total. The highest BCUT2D eigenvalue weighted by Gasteiger charge is 2.27. The van der Waals surface area contributed by atoms with E-state index in [0.29, 0.717) is 18.4 Å². The highest BCUT2D eigenvalue weighted by molar-refractivity contribution is 5.62. The van der Waals surface area contributed by atoms with E-state index >= 15 is 0 Å². The van der Waals surface area contributed by atoms with Crippen LogP contribution in [-0.4, -0.2) is 19.2 Å². The van der Waals surface area contributed by atoms with Gasteiger partial charge in [0.15, 0.2) is 0 Å². The minimum absolute atomic E-state index is 0.158. The van der Waals surface area contributed by atoms with Crippen molar-refractivity contribution in [2.45, 2.75) is 39.7 Å². The third kappa shape index (κ3) is 2.84. The molecule has 0 amide bonds. The molecule has 1 aliphatic heterocycles. The fraction of sp³-hybridized carbons (Fsp3) is 0.562. The summed E-state index contributed by atoms with van der Waals surface area (Å²) in [7, 11) is 0. The molecule has 1 aliphatic rings. The van der Waals surface area contributed by atoms with Crippen LogP contribution in [0.25, 0.3) is 0 Å². The molecule has 1 aromatic rings. The smallest absolute Gasteiger partial charge is 0.143 e. The Morgan fingerprint density at radius 3 is 2.68 bits per heavy atom. The van der Waals surface area contributed by atoms with Crippen LogP contribution in [0.1, 0.15) is 39.2 Å². The molecule has 0 fully saturated rings. The molecule has 2 rings (SSSR count). The summed E-state index contributed by atoms with van der Waals surface area (Å²) in [5, 5.41) is 9.01. The molecule has 1 heterocycles. The van der Waals surface area contributed by atoms with Crippen LogP contribution >= 0.6 is 0 Å². The predicted molar refractivity (Wildman–Crippen MR) is 77.6 cm³/mol. The van der Waals surface area contributed by atoms with Gasteiger partial charge in [0.05, 0.1) is 18.3 Å². The van der Waals surface area contributed by atoms with Crippen molar-refractivity contribution in [3.8, 4) is 11.8 Å². The van der Waals surface area contributed by atoms with Gasteiger partial charge in [0.1, 0.15) is 18.4 Å². The first-order valence-corrected chi connectivity index (χ1v) is 6.95. The highest BCUT2D eigenvalue weighted by atomic mass is 16.5. The van der Waals surface area contributed by atoms with Crippen LogP contribution in [0.15, 0.2) is 18.2 Å². The molecular weight excluding hydrogens is 236 g/mol. The summed E-state index contributed by atoms with van der Waals surface area (Å²) in [6.07, 6.45) is 0.158. The molecule has 0 saturated heterocycles. The summed E-state index contributed by atoms with van der Waals surface area (Å²) in [6.45, 7) is 9.88. The van der Waals surface area contributed by atoms with Crippen LogP contribution in [0.3, 0.4) is 0 Å². The van der Waals surface area contributed by atoms with E-state index in [0.717, 1.165) is 18.0 Å². The lowest BCUT2D eigenvalue weighted by molar-refractivity contribution is 0.146. The molecule has 3 nitrogen and oxygen atoms in total. The summed E-state index contributed by atoms with van der Waals surface area (Å²) >= 11 is 0. The SMILES string of the molecule is CC(C)c1ccc2c(c1)N(CC#N)CC(C(C)C)O2. The molecular formula is C16H22N2O. The maximum absolute atomic E-state index is 9.01. The van der Waals surface area contributed by atoms with Gasteiger partial charge in [0.25, 0.3) is 0 Å². The predicted octanol–water partition coefficient (Wildman–Crippen LogP) is 3.56. The van der Waals surface area contributed by atoms with Crippen molar-refractivity contribution >= 4 is 5.69 Å². The first kappa shape index (κ1) is 13.7. The summed E-state index contributed by atoms with van der Waals surface area (Å²) < 4.78 is 6.05. The molecule has 0 radical (unpaired) electrons. The Morgan fingerprint density at radius 1 is 1.37 bits per heavy atom. The van der Waals surface area contributed by atoms with Crippen LogP contribution in [0.4, 0.5) is 5.69 Å². The first-order chi connectivity index (χ1) is 9.02. The van der Waals surface area contributed by atoms with Crippen LogP contribution < -0.4 is 9.64 Å². The summed E-state index contributed by atoms with van der Waals surface area (Å²) in [6, 6.07) is 8.58. The maximum atomic E-state index is 9.01. The third-order valence-corrected chi connectivity index (χ3v) is 3.67. The fourth-order valence-corrected chi connectivity index (χ4v) is 2.34. The minimum atomic E-state index is 0.158. The zero-order chi connectivity index (χ0) is 14.0. The van der Waals surface area contributed by atoms with Gasteiger partial charge in [0, 0.05) is 0 Å². The van der Waals surface area contributed by atoms with Crippen molar-refractivity contribution in [2.75, 3.05) is 18.0 Å². The van der Waals surface area contributed by atoms with Gasteiger partial charge in [-0.05, 0) is 29.5 Å². The second-order valence-corrected chi connectivity index (χ2v) is 5.82. The van der Waals surface area contributed by atoms with Gasteiger partial charge in [-0.25, -0.2) is 0 Å². The van der Waals surface area contributed by atoms with Gasteiger partial charge in [-0.2, -0.15) is 5.26 Å². The van der Waals surface area contributed by atoms with E-state index in [1.165, 1.54) is 5.56 Å². The van der Waals surface area contributed by atoms with Gasteiger partial charge in [-0.3, -0.25) is 0 Å². The lowest BCUT2D eigenvalue weighted by Gasteiger charge is -2.37. The Labute approximate surface area is 115 Å². The number of nitrogens with zero attached hydrogens (tertiary/aromatic N) is 2. The van der Waals surface area contributed by atoms with Gasteiger partial charge >= 0.3 is 0 Å². The lowest BCUT2D eigenvalue weighted by Crippen LogP contribution is -2.43. The maximum Gasteiger partial charge on any atom is 0.143 e. The second-order valence-electron chi connectivity index (χ2n) is 5.82. The Hall–Kier alpha value is -1.69. The van der Waals surface area contributed by atoms with Crippen molar-refractivity contribution in [3.05, 3.63) is 23.8 Å². The van der Waals surface area contributed by atoms with Crippen LogP contribution in [0, 0.1) is 17.2 Å². The topological polar surface area (TPSA) is 36.3 Å². The van der Waals surface area contributed by atoms with E-state index < -0.39 is 0 Å². The lowest BCUT2D eigenvalue weighted by atomic mass is 9.99. The molecule has 0 saturated carbocycles. The molecule has 0 spiro atoms. The van der Waals surface area contributed by atoms with E-state index in [1.54, 1.807) is 0 Å². The number of anilines is 1. The Bertz CT molecular complexity index is 488. The molecule has 0 bridgehead atoms. The number of ether oxygens (including phenoxy) is 1. The van der Waals surface area contributed by atoms with Gasteiger partial charge in [0.2, 0.25) is 0 Å². The molecule has 19 heavy (non-hydrogen) atoms. The monoisotopic (exact) mass is 258 g/mol. The quantitative estimate of drug-likeness (QED) is 0.778. The number of hydrogen-bond donors (Lipinski definition) is 0. The Kier molecular flexibility index (Phi) is 3.99. The van der Waals surface area contributed by atoms with Crippen molar-refractivity contribution in [1.29, 1.82) is 5.26 Å². The molecule has 1 unspecified atom stereocenters. The van der Waals surface area contributed by atoms with Gasteiger partial charge in [-0.1, -0.05) is 33.8 Å². The van der Waals surface area contributed by atoms with Gasteiger partial charge < -0.3 is 9.64 Å². The van der Waals surface area contributed by atoms with Crippen LogP contribution in [-0.2, 0) is 0 Å². The van der Waals surface area contributed by atoms with Crippen molar-refractivity contribution in [2.24, 2.45) is 5.92 Å². The van der Waals surface area contributed by atoms with Crippen molar-refractivity contribution < 1.29 is 4.74 Å². The van der Waals surface area contributed by atoms with Crippen LogP contribution in [0.2, 0.25) is 0 Å². The second kappa shape index (κ2) is 5.52. The number of rotatable bonds is 3. The number of nitriles is 1. The van der Waals surface area contributed by atoms with E-state index in [1.807, 2.05) is 6.07 Å². The minimum Gasteiger partial charge on any atom is -0.486 e. The van der Waals surface area contributed by atoms with E-state index in [-0.39, 0.29) is 6.10 Å². The summed E-state index contributed by atoms with van der Waals surface area (Å²) in [4.78, 5) is 2.13. The van der Waals surface area contributed by atoms with E-state index in [9.17, 15) is 0 Å². The Morgan fingerprint density at radius 2 is 2.11 bits per heavy atom. The molecule has 3 heteroatoms. The molecule has 102 valence electrons. The summed E-state index contributed by atoms with van der Waals surface area (Å²) in [5.41, 5.74) is 2.35. The average molecular weight is 258 g/mol. The molecule has 1 atom stereocenters. The standard InChI is InChI=1S/C16H22N2O/c1-11(2)13-5-6-15-14(9-13)18(8-7-17)10-16(19-15)12(3)4/h5-6,9,11-12,16H,8,10H2,1-4H3. The van der Waals surface area contributed by atoms with Crippen LogP contribution in [0.5, 0.6) is 5.75 Å². The van der Waals surface area contributed by atoms with Crippen molar-refractivity contribution in [3.63, 3.8) is 0 Å². The molecule has 1 aromatic carbocycles. The summed E-state index contributed by atoms with van der Waals surface area (Å²) in [5.74, 6) is 1.83. The van der Waals surface area contributed by atoms with Gasteiger partial charge in [-0.15, -0.1) is 0 Å². The number of hydrogen-bond acceptors (Lipinski definition) is 3. The Balaban J connectivity index is 2.37. The molecule has 0 aliphatic carbocycles. The van der Waals surface area contributed by atoms with E-state index in [4.69, 9.17) is 10.00 Å². The normalized spacial score (nSPS) is 18.2.